The highest BCUT2D eigenvalue weighted by atomic mass is 35.5. The molecule has 27 heavy (non-hydrogen) atoms. The van der Waals surface area contributed by atoms with E-state index in [1.165, 1.54) is 4.68 Å². The van der Waals surface area contributed by atoms with Gasteiger partial charge in [0.2, 0.25) is 0 Å². The summed E-state index contributed by atoms with van der Waals surface area (Å²) >= 11 is 6.03. The van der Waals surface area contributed by atoms with Crippen LogP contribution in [0.4, 0.5) is 5.69 Å². The van der Waals surface area contributed by atoms with E-state index in [-0.39, 0.29) is 11.7 Å². The molecule has 0 fully saturated rings. The topological polar surface area (TPSA) is 59.0 Å². The van der Waals surface area contributed by atoms with E-state index in [2.05, 4.69) is 10.7 Å². The zero-order valence-corrected chi connectivity index (χ0v) is 14.9. The molecule has 0 amide bonds. The summed E-state index contributed by atoms with van der Waals surface area (Å²) in [4.78, 5) is 17.9. The zero-order valence-electron chi connectivity index (χ0n) is 14.2. The second-order valence-corrected chi connectivity index (χ2v) is 6.83. The first-order valence-corrected chi connectivity index (χ1v) is 8.98. The maximum absolute atomic E-state index is 13.2. The second kappa shape index (κ2) is 6.14. The van der Waals surface area contributed by atoms with Gasteiger partial charge in [0.25, 0.3) is 5.56 Å². The van der Waals surface area contributed by atoms with Crippen LogP contribution in [-0.2, 0) is 0 Å². The Hall–Kier alpha value is -3.31. The maximum atomic E-state index is 13.2. The molecule has 2 heterocycles. The standard InChI is InChI=1S/C21H15ClN4O/c22-14-11-9-13(10-12-14)19-23-17-7-3-1-5-15(17)20-24-18-8-4-2-6-16(18)21(27)26(20)25-19/h1-12,19,23,25H. The summed E-state index contributed by atoms with van der Waals surface area (Å²) in [5.74, 6) is 0.582. The van der Waals surface area contributed by atoms with Gasteiger partial charge < -0.3 is 5.32 Å². The van der Waals surface area contributed by atoms with E-state index in [0.29, 0.717) is 21.7 Å². The van der Waals surface area contributed by atoms with Crippen molar-refractivity contribution in [3.8, 4) is 11.4 Å². The zero-order chi connectivity index (χ0) is 18.4. The smallest absolute Gasteiger partial charge is 0.280 e. The average Bonchev–Trinajstić information content (AvgIpc) is 2.86. The molecule has 0 radical (unpaired) electrons. The first-order chi connectivity index (χ1) is 13.2. The molecule has 0 spiro atoms. The van der Waals surface area contributed by atoms with Gasteiger partial charge in [0.05, 0.1) is 10.9 Å². The number of nitrogens with one attached hydrogen (secondary N) is 2. The van der Waals surface area contributed by atoms with Gasteiger partial charge in [-0.25, -0.2) is 9.66 Å². The molecule has 1 atom stereocenters. The van der Waals surface area contributed by atoms with Gasteiger partial charge in [-0.1, -0.05) is 48.0 Å². The fraction of sp³-hybridized carbons (Fsp3) is 0.0476. The molecule has 1 aromatic heterocycles. The lowest BCUT2D eigenvalue weighted by Gasteiger charge is -2.21. The lowest BCUT2D eigenvalue weighted by Crippen LogP contribution is -2.34. The molecule has 6 heteroatoms. The van der Waals surface area contributed by atoms with Crippen LogP contribution in [-0.4, -0.2) is 9.66 Å². The number of hydrogen-bond donors (Lipinski definition) is 2. The van der Waals surface area contributed by atoms with E-state index in [0.717, 1.165) is 16.8 Å². The molecule has 0 saturated carbocycles. The van der Waals surface area contributed by atoms with Gasteiger partial charge in [0.1, 0.15) is 6.17 Å². The van der Waals surface area contributed by atoms with Crippen LogP contribution < -0.4 is 16.3 Å². The number of aromatic nitrogens is 2. The molecule has 132 valence electrons. The molecule has 0 saturated heterocycles. The molecule has 1 aliphatic rings. The van der Waals surface area contributed by atoms with E-state index in [1.807, 2.05) is 66.7 Å². The van der Waals surface area contributed by atoms with E-state index in [1.54, 1.807) is 6.07 Å². The predicted octanol–water partition coefficient (Wildman–Crippen LogP) is 4.38. The Morgan fingerprint density at radius 2 is 1.67 bits per heavy atom. The molecule has 1 unspecified atom stereocenters. The van der Waals surface area contributed by atoms with Crippen molar-refractivity contribution in [2.75, 3.05) is 10.7 Å². The molecule has 0 bridgehead atoms. The maximum Gasteiger partial charge on any atom is 0.280 e. The van der Waals surface area contributed by atoms with Crippen LogP contribution in [0.2, 0.25) is 5.02 Å². The highest BCUT2D eigenvalue weighted by molar-refractivity contribution is 6.30. The van der Waals surface area contributed by atoms with E-state index in [9.17, 15) is 4.79 Å². The van der Waals surface area contributed by atoms with Crippen LogP contribution >= 0.6 is 11.6 Å². The van der Waals surface area contributed by atoms with Crippen molar-refractivity contribution in [2.45, 2.75) is 6.17 Å². The van der Waals surface area contributed by atoms with Gasteiger partial charge in [-0.2, -0.15) is 0 Å². The van der Waals surface area contributed by atoms with Gasteiger partial charge in [0.15, 0.2) is 5.82 Å². The van der Waals surface area contributed by atoms with Crippen molar-refractivity contribution in [2.24, 2.45) is 0 Å². The number of benzene rings is 3. The lowest BCUT2D eigenvalue weighted by atomic mass is 10.1. The van der Waals surface area contributed by atoms with Crippen LogP contribution in [0.15, 0.2) is 77.6 Å². The van der Waals surface area contributed by atoms with Crippen molar-refractivity contribution in [3.63, 3.8) is 0 Å². The van der Waals surface area contributed by atoms with Crippen LogP contribution in [0.3, 0.4) is 0 Å². The fourth-order valence-corrected chi connectivity index (χ4v) is 3.49. The van der Waals surface area contributed by atoms with E-state index < -0.39 is 0 Å². The van der Waals surface area contributed by atoms with Gasteiger partial charge in [-0.15, -0.1) is 0 Å². The lowest BCUT2D eigenvalue weighted by molar-refractivity contribution is 0.726. The Bertz CT molecular complexity index is 1220. The minimum Gasteiger partial charge on any atom is -0.360 e. The third kappa shape index (κ3) is 2.64. The minimum atomic E-state index is -0.315. The second-order valence-electron chi connectivity index (χ2n) is 6.40. The number of halogens is 1. The van der Waals surface area contributed by atoms with Gasteiger partial charge in [0, 0.05) is 16.3 Å². The first-order valence-electron chi connectivity index (χ1n) is 8.60. The molecule has 3 aromatic carbocycles. The number of hydrogen-bond acceptors (Lipinski definition) is 4. The first kappa shape index (κ1) is 15.9. The highest BCUT2D eigenvalue weighted by Crippen LogP contribution is 2.32. The number of rotatable bonds is 1. The van der Waals surface area contributed by atoms with Crippen molar-refractivity contribution in [1.82, 2.24) is 9.66 Å². The number of anilines is 1. The third-order valence-corrected chi connectivity index (χ3v) is 4.96. The normalized spacial score (nSPS) is 15.2. The Kier molecular flexibility index (Phi) is 3.62. The molecular formula is C21H15ClN4O. The quantitative estimate of drug-likeness (QED) is 0.519. The van der Waals surface area contributed by atoms with Gasteiger partial charge >= 0.3 is 0 Å². The molecular weight excluding hydrogens is 360 g/mol. The van der Waals surface area contributed by atoms with Crippen molar-refractivity contribution >= 4 is 28.2 Å². The minimum absolute atomic E-state index is 0.131. The predicted molar refractivity (Wildman–Crippen MR) is 109 cm³/mol. The van der Waals surface area contributed by atoms with Crippen LogP contribution in [0.5, 0.6) is 0 Å². The Morgan fingerprint density at radius 3 is 2.52 bits per heavy atom. The number of fused-ring (bicyclic) bond motifs is 4. The summed E-state index contributed by atoms with van der Waals surface area (Å²) in [7, 11) is 0. The summed E-state index contributed by atoms with van der Waals surface area (Å²) in [6.45, 7) is 0. The largest absolute Gasteiger partial charge is 0.360 e. The molecule has 4 aromatic rings. The van der Waals surface area contributed by atoms with Gasteiger partial charge in [-0.3, -0.25) is 10.2 Å². The monoisotopic (exact) mass is 374 g/mol. The molecule has 0 aliphatic carbocycles. The summed E-state index contributed by atoms with van der Waals surface area (Å²) < 4.78 is 1.53. The number of para-hydroxylation sites is 2. The van der Waals surface area contributed by atoms with E-state index >= 15 is 0 Å². The van der Waals surface area contributed by atoms with Crippen LogP contribution in [0, 0.1) is 0 Å². The fourth-order valence-electron chi connectivity index (χ4n) is 3.37. The summed E-state index contributed by atoms with van der Waals surface area (Å²) in [6.07, 6.45) is -0.315. The molecule has 2 N–H and O–H groups in total. The summed E-state index contributed by atoms with van der Waals surface area (Å²) in [5.41, 5.74) is 6.56. The Balaban J connectivity index is 1.78. The highest BCUT2D eigenvalue weighted by Gasteiger charge is 2.23. The van der Waals surface area contributed by atoms with Crippen molar-refractivity contribution in [3.05, 3.63) is 93.7 Å². The third-order valence-electron chi connectivity index (χ3n) is 4.71. The number of nitrogens with zero attached hydrogens (tertiary/aromatic N) is 2. The SMILES string of the molecule is O=c1c2ccccc2nc2n1NC(c1ccc(Cl)cc1)Nc1ccccc1-2. The summed E-state index contributed by atoms with van der Waals surface area (Å²) in [6, 6.07) is 22.7. The molecule has 5 nitrogen and oxygen atoms in total. The van der Waals surface area contributed by atoms with E-state index in [4.69, 9.17) is 16.6 Å². The van der Waals surface area contributed by atoms with Crippen molar-refractivity contribution < 1.29 is 0 Å². The molecule has 5 rings (SSSR count). The average molecular weight is 375 g/mol. The van der Waals surface area contributed by atoms with Crippen LogP contribution in [0.1, 0.15) is 11.7 Å². The Morgan fingerprint density at radius 1 is 0.926 bits per heavy atom. The Labute approximate surface area is 160 Å². The summed E-state index contributed by atoms with van der Waals surface area (Å²) in [5, 5.41) is 4.71. The molecule has 1 aliphatic heterocycles. The van der Waals surface area contributed by atoms with Gasteiger partial charge in [-0.05, 0) is 42.0 Å². The van der Waals surface area contributed by atoms with Crippen LogP contribution in [0.25, 0.3) is 22.3 Å². The van der Waals surface area contributed by atoms with Crippen molar-refractivity contribution in [1.29, 1.82) is 0 Å².